The summed E-state index contributed by atoms with van der Waals surface area (Å²) < 4.78 is 0. The monoisotopic (exact) mass is 312 g/mol. The molecular weight excluding hydrogens is 272 g/mol. The summed E-state index contributed by atoms with van der Waals surface area (Å²) in [6.07, 6.45) is 20.1. The molecular formula is C20H40O2. The fourth-order valence-electron chi connectivity index (χ4n) is 3.06. The van der Waals surface area contributed by atoms with E-state index in [-0.39, 0.29) is 0 Å². The van der Waals surface area contributed by atoms with Crippen molar-refractivity contribution in [3.8, 4) is 0 Å². The molecule has 0 saturated carbocycles. The van der Waals surface area contributed by atoms with E-state index in [1.165, 1.54) is 83.5 Å². The number of aliphatic carboxylic acids is 1. The Balaban J connectivity index is 3.07. The van der Waals surface area contributed by atoms with Crippen LogP contribution in [0.1, 0.15) is 117 Å². The molecule has 0 aliphatic rings. The molecule has 0 heterocycles. The molecule has 2 nitrogen and oxygen atoms in total. The van der Waals surface area contributed by atoms with Crippen molar-refractivity contribution >= 4 is 5.97 Å². The molecule has 0 bridgehead atoms. The fourth-order valence-corrected chi connectivity index (χ4v) is 3.06. The van der Waals surface area contributed by atoms with Crippen LogP contribution in [-0.2, 0) is 4.79 Å². The topological polar surface area (TPSA) is 37.3 Å². The Kier molecular flexibility index (Phi) is 16.4. The van der Waals surface area contributed by atoms with Crippen LogP contribution in [0.5, 0.6) is 0 Å². The van der Waals surface area contributed by atoms with Gasteiger partial charge < -0.3 is 5.11 Å². The van der Waals surface area contributed by atoms with E-state index in [0.717, 1.165) is 18.8 Å². The molecule has 0 spiro atoms. The van der Waals surface area contributed by atoms with Crippen LogP contribution in [0.15, 0.2) is 0 Å². The molecule has 2 heteroatoms. The largest absolute Gasteiger partial charge is 0.481 e. The first-order valence-corrected chi connectivity index (χ1v) is 9.88. The van der Waals surface area contributed by atoms with Crippen LogP contribution >= 0.6 is 0 Å². The zero-order valence-electron chi connectivity index (χ0n) is 15.2. The summed E-state index contributed by atoms with van der Waals surface area (Å²) in [6, 6.07) is 0. The fraction of sp³-hybridized carbons (Fsp3) is 0.950. The van der Waals surface area contributed by atoms with Crippen LogP contribution in [0.4, 0.5) is 0 Å². The average molecular weight is 313 g/mol. The first-order chi connectivity index (χ1) is 10.7. The van der Waals surface area contributed by atoms with Gasteiger partial charge in [-0.05, 0) is 12.3 Å². The van der Waals surface area contributed by atoms with Crippen LogP contribution in [0, 0.1) is 5.92 Å². The van der Waals surface area contributed by atoms with Crippen molar-refractivity contribution in [1.29, 1.82) is 0 Å². The van der Waals surface area contributed by atoms with Gasteiger partial charge in [0.05, 0.1) is 0 Å². The van der Waals surface area contributed by atoms with E-state index in [0.29, 0.717) is 6.42 Å². The maximum absolute atomic E-state index is 10.4. The summed E-state index contributed by atoms with van der Waals surface area (Å²) in [4.78, 5) is 10.4. The lowest BCUT2D eigenvalue weighted by Gasteiger charge is -2.10. The standard InChI is InChI=1S/C20H40O2/c1-3-4-16-19(2)17-14-12-10-8-6-5-7-9-11-13-15-18-20(21)22/h19H,3-18H2,1-2H3,(H,21,22). The number of rotatable bonds is 17. The van der Waals surface area contributed by atoms with Gasteiger partial charge in [0.15, 0.2) is 0 Å². The number of unbranched alkanes of at least 4 members (excludes halogenated alkanes) is 11. The Morgan fingerprint density at radius 1 is 0.727 bits per heavy atom. The molecule has 0 saturated heterocycles. The number of hydrogen-bond donors (Lipinski definition) is 1. The summed E-state index contributed by atoms with van der Waals surface area (Å²) in [5.41, 5.74) is 0. The van der Waals surface area contributed by atoms with Gasteiger partial charge in [0, 0.05) is 6.42 Å². The summed E-state index contributed by atoms with van der Waals surface area (Å²) in [5.74, 6) is 0.279. The Bertz CT molecular complexity index is 238. The second-order valence-corrected chi connectivity index (χ2v) is 7.07. The van der Waals surface area contributed by atoms with Crippen molar-refractivity contribution in [1.82, 2.24) is 0 Å². The quantitative estimate of drug-likeness (QED) is 0.294. The highest BCUT2D eigenvalue weighted by atomic mass is 16.4. The zero-order valence-corrected chi connectivity index (χ0v) is 15.2. The van der Waals surface area contributed by atoms with Gasteiger partial charge in [-0.15, -0.1) is 0 Å². The molecule has 22 heavy (non-hydrogen) atoms. The van der Waals surface area contributed by atoms with Crippen molar-refractivity contribution < 1.29 is 9.90 Å². The molecule has 0 aliphatic carbocycles. The van der Waals surface area contributed by atoms with Crippen LogP contribution < -0.4 is 0 Å². The lowest BCUT2D eigenvalue weighted by molar-refractivity contribution is -0.137. The molecule has 0 fully saturated rings. The van der Waals surface area contributed by atoms with Gasteiger partial charge in [-0.1, -0.05) is 104 Å². The molecule has 0 amide bonds. The van der Waals surface area contributed by atoms with Gasteiger partial charge in [0.25, 0.3) is 0 Å². The molecule has 0 radical (unpaired) electrons. The number of carboxylic acid groups (broad SMARTS) is 1. The predicted molar refractivity (Wildman–Crippen MR) is 96.3 cm³/mol. The molecule has 0 aromatic rings. The van der Waals surface area contributed by atoms with E-state index >= 15 is 0 Å². The van der Waals surface area contributed by atoms with Crippen molar-refractivity contribution in [3.63, 3.8) is 0 Å². The van der Waals surface area contributed by atoms with Gasteiger partial charge >= 0.3 is 5.97 Å². The maximum atomic E-state index is 10.4. The molecule has 0 aromatic heterocycles. The second-order valence-electron chi connectivity index (χ2n) is 7.07. The Hall–Kier alpha value is -0.530. The Morgan fingerprint density at radius 2 is 1.14 bits per heavy atom. The van der Waals surface area contributed by atoms with E-state index in [2.05, 4.69) is 13.8 Å². The van der Waals surface area contributed by atoms with Gasteiger partial charge in [-0.25, -0.2) is 0 Å². The highest BCUT2D eigenvalue weighted by Gasteiger charge is 2.01. The van der Waals surface area contributed by atoms with E-state index in [4.69, 9.17) is 5.11 Å². The number of carboxylic acids is 1. The number of hydrogen-bond acceptors (Lipinski definition) is 1. The van der Waals surface area contributed by atoms with Gasteiger partial charge in [-0.3, -0.25) is 4.79 Å². The molecule has 1 N–H and O–H groups in total. The van der Waals surface area contributed by atoms with E-state index in [1.54, 1.807) is 0 Å². The molecule has 132 valence electrons. The van der Waals surface area contributed by atoms with Crippen LogP contribution in [0.25, 0.3) is 0 Å². The summed E-state index contributed by atoms with van der Waals surface area (Å²) in [6.45, 7) is 4.69. The van der Waals surface area contributed by atoms with Crippen molar-refractivity contribution in [2.24, 2.45) is 5.92 Å². The Morgan fingerprint density at radius 3 is 1.59 bits per heavy atom. The lowest BCUT2D eigenvalue weighted by atomic mass is 9.97. The SMILES string of the molecule is CCCCC(C)CCCCCCCCCCCCCC(=O)O. The minimum absolute atomic E-state index is 0.344. The highest BCUT2D eigenvalue weighted by Crippen LogP contribution is 2.17. The summed E-state index contributed by atoms with van der Waals surface area (Å²) >= 11 is 0. The van der Waals surface area contributed by atoms with E-state index in [9.17, 15) is 4.79 Å². The third-order valence-electron chi connectivity index (χ3n) is 4.64. The van der Waals surface area contributed by atoms with Crippen molar-refractivity contribution in [2.45, 2.75) is 117 Å². The third-order valence-corrected chi connectivity index (χ3v) is 4.64. The zero-order chi connectivity index (χ0) is 16.5. The first-order valence-electron chi connectivity index (χ1n) is 9.88. The minimum atomic E-state index is -0.653. The summed E-state index contributed by atoms with van der Waals surface area (Å²) in [7, 11) is 0. The third kappa shape index (κ3) is 17.5. The van der Waals surface area contributed by atoms with E-state index in [1.807, 2.05) is 0 Å². The maximum Gasteiger partial charge on any atom is 0.303 e. The molecule has 1 unspecified atom stereocenters. The van der Waals surface area contributed by atoms with Crippen molar-refractivity contribution in [3.05, 3.63) is 0 Å². The van der Waals surface area contributed by atoms with Crippen LogP contribution in [-0.4, -0.2) is 11.1 Å². The predicted octanol–water partition coefficient (Wildman–Crippen LogP) is 6.97. The highest BCUT2D eigenvalue weighted by molar-refractivity contribution is 5.66. The van der Waals surface area contributed by atoms with Gasteiger partial charge in [-0.2, -0.15) is 0 Å². The Labute approximate surface area is 139 Å². The lowest BCUT2D eigenvalue weighted by Crippen LogP contribution is -1.94. The molecule has 1 atom stereocenters. The van der Waals surface area contributed by atoms with E-state index < -0.39 is 5.97 Å². The smallest absolute Gasteiger partial charge is 0.303 e. The first kappa shape index (κ1) is 21.5. The van der Waals surface area contributed by atoms with Crippen molar-refractivity contribution in [2.75, 3.05) is 0 Å². The summed E-state index contributed by atoms with van der Waals surface area (Å²) in [5, 5.41) is 8.54. The molecule has 0 aromatic carbocycles. The average Bonchev–Trinajstić information content (AvgIpc) is 2.49. The van der Waals surface area contributed by atoms with Crippen LogP contribution in [0.2, 0.25) is 0 Å². The molecule has 0 rings (SSSR count). The normalized spacial score (nSPS) is 12.5. The van der Waals surface area contributed by atoms with Gasteiger partial charge in [0.2, 0.25) is 0 Å². The van der Waals surface area contributed by atoms with Crippen LogP contribution in [0.3, 0.4) is 0 Å². The van der Waals surface area contributed by atoms with Gasteiger partial charge in [0.1, 0.15) is 0 Å². The second kappa shape index (κ2) is 16.8. The minimum Gasteiger partial charge on any atom is -0.481 e. The number of carbonyl (C=O) groups is 1. The molecule has 0 aliphatic heterocycles.